The maximum atomic E-state index is 13.4. The van der Waals surface area contributed by atoms with Crippen LogP contribution in [0.3, 0.4) is 0 Å². The third-order valence-electron chi connectivity index (χ3n) is 6.76. The number of aromatic nitrogens is 1. The predicted molar refractivity (Wildman–Crippen MR) is 150 cm³/mol. The van der Waals surface area contributed by atoms with Crippen LogP contribution >= 0.6 is 11.3 Å². The number of esters is 1. The lowest BCUT2D eigenvalue weighted by Crippen LogP contribution is -2.31. The minimum absolute atomic E-state index is 0.378. The van der Waals surface area contributed by atoms with Crippen molar-refractivity contribution in [1.29, 1.82) is 0 Å². The number of hydrazone groups is 1. The Bertz CT molecular complexity index is 1530. The smallest absolute Gasteiger partial charge is 0.340 e. The molecule has 2 aromatic carbocycles. The Labute approximate surface area is 231 Å². The van der Waals surface area contributed by atoms with Gasteiger partial charge >= 0.3 is 5.97 Å². The summed E-state index contributed by atoms with van der Waals surface area (Å²) in [5, 5.41) is 8.04. The summed E-state index contributed by atoms with van der Waals surface area (Å²) >= 11 is 1.56. The number of hydrogen-bond donors (Lipinski definition) is 0. The van der Waals surface area contributed by atoms with Crippen molar-refractivity contribution in [3.63, 3.8) is 0 Å². The number of thiophene rings is 1. The molecule has 0 radical (unpaired) electrons. The fraction of sp³-hybridized carbons (Fsp3) is 0.233. The third kappa shape index (κ3) is 5.18. The second kappa shape index (κ2) is 11.2. The summed E-state index contributed by atoms with van der Waals surface area (Å²) in [6.45, 7) is 3.36. The summed E-state index contributed by atoms with van der Waals surface area (Å²) in [4.78, 5) is 27.5. The van der Waals surface area contributed by atoms with Crippen molar-refractivity contribution in [2.75, 3.05) is 20.8 Å². The summed E-state index contributed by atoms with van der Waals surface area (Å²) in [6.07, 6.45) is 0.522. The molecule has 1 aliphatic heterocycles. The zero-order chi connectivity index (χ0) is 27.5. The number of carbonyl (C=O) groups is 2. The molecule has 0 aliphatic carbocycles. The first-order chi connectivity index (χ1) is 18.9. The van der Waals surface area contributed by atoms with Gasteiger partial charge in [0.1, 0.15) is 0 Å². The normalized spacial score (nSPS) is 14.7. The zero-order valence-corrected chi connectivity index (χ0v) is 23.0. The Balaban J connectivity index is 1.37. The standard InChI is InChI=1S/C30H29N3O5S/c1-19-15-23(20(2)32(19)22-9-6-5-7-10-22)30(35)38-18-29(34)33-25(17-24(31-33)28-11-8-14-39-28)21-12-13-26(36-3)27(16-21)37-4/h5-16,25H,17-18H2,1-4H3/t25-/m0/s1. The third-order valence-corrected chi connectivity index (χ3v) is 7.67. The van der Waals surface area contributed by atoms with Gasteiger partial charge in [-0.15, -0.1) is 11.3 Å². The van der Waals surface area contributed by atoms with E-state index in [1.165, 1.54) is 5.01 Å². The van der Waals surface area contributed by atoms with Crippen LogP contribution in [0.5, 0.6) is 11.5 Å². The molecule has 9 heteroatoms. The molecule has 0 unspecified atom stereocenters. The molecular formula is C30H29N3O5S. The topological polar surface area (TPSA) is 82.4 Å². The van der Waals surface area contributed by atoms with Crippen molar-refractivity contribution in [3.8, 4) is 17.2 Å². The Morgan fingerprint density at radius 3 is 2.44 bits per heavy atom. The first-order valence-electron chi connectivity index (χ1n) is 12.5. The van der Waals surface area contributed by atoms with E-state index in [1.807, 2.05) is 84.5 Å². The molecular weight excluding hydrogens is 514 g/mol. The SMILES string of the molecule is COc1ccc([C@@H]2CC(c3cccs3)=NN2C(=O)COC(=O)c2cc(C)n(-c3ccccc3)c2C)cc1OC. The van der Waals surface area contributed by atoms with Crippen LogP contribution in [0.25, 0.3) is 5.69 Å². The van der Waals surface area contributed by atoms with Crippen molar-refractivity contribution in [1.82, 2.24) is 9.58 Å². The Morgan fingerprint density at radius 1 is 0.974 bits per heavy atom. The van der Waals surface area contributed by atoms with Crippen LogP contribution in [0.2, 0.25) is 0 Å². The zero-order valence-electron chi connectivity index (χ0n) is 22.2. The van der Waals surface area contributed by atoms with Crippen molar-refractivity contribution in [2.45, 2.75) is 26.3 Å². The average molecular weight is 544 g/mol. The molecule has 4 aromatic rings. The second-order valence-corrected chi connectivity index (χ2v) is 10.1. The van der Waals surface area contributed by atoms with Crippen LogP contribution in [0.1, 0.15) is 44.6 Å². The minimum atomic E-state index is -0.553. The molecule has 0 saturated heterocycles. The van der Waals surface area contributed by atoms with E-state index in [0.29, 0.717) is 23.5 Å². The van der Waals surface area contributed by atoms with Crippen LogP contribution < -0.4 is 9.47 Å². The van der Waals surface area contributed by atoms with Gasteiger partial charge in [0.2, 0.25) is 0 Å². The van der Waals surface area contributed by atoms with Crippen LogP contribution in [0, 0.1) is 13.8 Å². The number of ether oxygens (including phenoxy) is 3. The highest BCUT2D eigenvalue weighted by Crippen LogP contribution is 2.38. The van der Waals surface area contributed by atoms with E-state index in [4.69, 9.17) is 14.2 Å². The van der Waals surface area contributed by atoms with Gasteiger partial charge in [0, 0.05) is 23.5 Å². The van der Waals surface area contributed by atoms with Gasteiger partial charge in [0.25, 0.3) is 5.91 Å². The maximum absolute atomic E-state index is 13.4. The number of rotatable bonds is 8. The molecule has 0 fully saturated rings. The van der Waals surface area contributed by atoms with Gasteiger partial charge in [0.05, 0.1) is 36.4 Å². The van der Waals surface area contributed by atoms with E-state index in [2.05, 4.69) is 5.10 Å². The fourth-order valence-corrected chi connectivity index (χ4v) is 5.59. The lowest BCUT2D eigenvalue weighted by Gasteiger charge is -2.22. The number of aryl methyl sites for hydroxylation is 1. The number of carbonyl (C=O) groups excluding carboxylic acids is 2. The number of nitrogens with zero attached hydrogens (tertiary/aromatic N) is 3. The van der Waals surface area contributed by atoms with Gasteiger partial charge < -0.3 is 18.8 Å². The molecule has 200 valence electrons. The molecule has 1 aliphatic rings. The molecule has 3 heterocycles. The molecule has 1 amide bonds. The molecule has 2 aromatic heterocycles. The highest BCUT2D eigenvalue weighted by molar-refractivity contribution is 7.12. The van der Waals surface area contributed by atoms with Gasteiger partial charge in [-0.3, -0.25) is 4.79 Å². The second-order valence-electron chi connectivity index (χ2n) is 9.13. The molecule has 1 atom stereocenters. The van der Waals surface area contributed by atoms with Crippen molar-refractivity contribution in [3.05, 3.63) is 99.5 Å². The van der Waals surface area contributed by atoms with Crippen molar-refractivity contribution in [2.24, 2.45) is 5.10 Å². The van der Waals surface area contributed by atoms with Crippen LogP contribution in [-0.2, 0) is 9.53 Å². The van der Waals surface area contributed by atoms with Gasteiger partial charge in [-0.1, -0.05) is 30.3 Å². The predicted octanol–water partition coefficient (Wildman–Crippen LogP) is 5.71. The number of amides is 1. The number of methoxy groups -OCH3 is 2. The van der Waals surface area contributed by atoms with Gasteiger partial charge in [-0.2, -0.15) is 5.10 Å². The molecule has 0 N–H and O–H groups in total. The lowest BCUT2D eigenvalue weighted by molar-refractivity contribution is -0.136. The summed E-state index contributed by atoms with van der Waals surface area (Å²) in [6, 6.07) is 20.7. The molecule has 5 rings (SSSR count). The maximum Gasteiger partial charge on any atom is 0.340 e. The van der Waals surface area contributed by atoms with Crippen LogP contribution in [0.4, 0.5) is 0 Å². The average Bonchev–Trinajstić information content (AvgIpc) is 3.71. The van der Waals surface area contributed by atoms with E-state index < -0.39 is 18.5 Å². The van der Waals surface area contributed by atoms with Gasteiger partial charge in [0.15, 0.2) is 18.1 Å². The van der Waals surface area contributed by atoms with E-state index in [9.17, 15) is 9.59 Å². The summed E-state index contributed by atoms with van der Waals surface area (Å²) < 4.78 is 18.4. The molecule has 0 spiro atoms. The highest BCUT2D eigenvalue weighted by atomic mass is 32.1. The molecule has 8 nitrogen and oxygen atoms in total. The number of benzene rings is 2. The summed E-state index contributed by atoms with van der Waals surface area (Å²) in [7, 11) is 3.15. The van der Waals surface area contributed by atoms with Crippen LogP contribution in [0.15, 0.2) is 77.2 Å². The Morgan fingerprint density at radius 2 is 1.74 bits per heavy atom. The van der Waals surface area contributed by atoms with E-state index in [0.717, 1.165) is 33.2 Å². The Hall–Kier alpha value is -4.37. The first-order valence-corrected chi connectivity index (χ1v) is 13.4. The Kier molecular flexibility index (Phi) is 7.51. The largest absolute Gasteiger partial charge is 0.493 e. The van der Waals surface area contributed by atoms with Crippen molar-refractivity contribution >= 4 is 28.9 Å². The quantitative estimate of drug-likeness (QED) is 0.266. The monoisotopic (exact) mass is 543 g/mol. The van der Waals surface area contributed by atoms with Gasteiger partial charge in [-0.05, 0) is 61.2 Å². The minimum Gasteiger partial charge on any atom is -0.493 e. The molecule has 39 heavy (non-hydrogen) atoms. The highest BCUT2D eigenvalue weighted by Gasteiger charge is 2.34. The van der Waals surface area contributed by atoms with E-state index >= 15 is 0 Å². The van der Waals surface area contributed by atoms with E-state index in [1.54, 1.807) is 31.6 Å². The van der Waals surface area contributed by atoms with E-state index in [-0.39, 0.29) is 6.04 Å². The fourth-order valence-electron chi connectivity index (χ4n) is 4.87. The lowest BCUT2D eigenvalue weighted by atomic mass is 10.0. The molecule has 0 saturated carbocycles. The van der Waals surface area contributed by atoms with Crippen molar-refractivity contribution < 1.29 is 23.8 Å². The first kappa shape index (κ1) is 26.2. The van der Waals surface area contributed by atoms with Crippen LogP contribution in [-0.4, -0.2) is 48.0 Å². The number of hydrogen-bond acceptors (Lipinski definition) is 7. The van der Waals surface area contributed by atoms with Gasteiger partial charge in [-0.25, -0.2) is 9.80 Å². The summed E-state index contributed by atoms with van der Waals surface area (Å²) in [5.74, 6) is 0.195. The number of para-hydroxylation sites is 1. The summed E-state index contributed by atoms with van der Waals surface area (Å²) in [5.41, 5.74) is 4.66. The molecule has 0 bridgehead atoms.